The number of methoxy groups -OCH3 is 1. The summed E-state index contributed by atoms with van der Waals surface area (Å²) in [5, 5.41) is 7.28. The summed E-state index contributed by atoms with van der Waals surface area (Å²) in [5.74, 6) is 1.26. The van der Waals surface area contributed by atoms with Crippen LogP contribution in [0.15, 0.2) is 30.5 Å². The summed E-state index contributed by atoms with van der Waals surface area (Å²) >= 11 is 1.41. The smallest absolute Gasteiger partial charge is 0.263 e. The number of nitrogens with zero attached hydrogens (tertiary/aromatic N) is 1. The number of ether oxygens (including phenoxy) is 1. The van der Waals surface area contributed by atoms with Crippen LogP contribution in [-0.2, 0) is 0 Å². The van der Waals surface area contributed by atoms with Crippen molar-refractivity contribution in [1.82, 2.24) is 15.6 Å². The summed E-state index contributed by atoms with van der Waals surface area (Å²) in [6.45, 7) is 4.04. The highest BCUT2D eigenvalue weighted by Gasteiger charge is 2.23. The summed E-state index contributed by atoms with van der Waals surface area (Å²) < 4.78 is 5.16. The lowest BCUT2D eigenvalue weighted by molar-refractivity contribution is 0.0919. The summed E-state index contributed by atoms with van der Waals surface area (Å²) in [6.07, 6.45) is 2.74. The molecule has 0 aliphatic carbocycles. The van der Waals surface area contributed by atoms with Gasteiger partial charge in [-0.15, -0.1) is 23.7 Å². The number of piperidine rings is 1. The molecule has 2 N–H and O–H groups in total. The van der Waals surface area contributed by atoms with Gasteiger partial charge in [0.25, 0.3) is 5.91 Å². The average Bonchev–Trinajstić information content (AvgIpc) is 3.07. The van der Waals surface area contributed by atoms with Crippen LogP contribution < -0.4 is 15.4 Å². The zero-order valence-electron chi connectivity index (χ0n) is 13.7. The zero-order valence-corrected chi connectivity index (χ0v) is 15.4. The number of hydrogen-bond acceptors (Lipinski definition) is 5. The quantitative estimate of drug-likeness (QED) is 0.872. The highest BCUT2D eigenvalue weighted by atomic mass is 35.5. The third-order valence-corrected chi connectivity index (χ3v) is 5.26. The topological polar surface area (TPSA) is 63.2 Å². The van der Waals surface area contributed by atoms with Crippen molar-refractivity contribution in [2.45, 2.75) is 19.4 Å². The van der Waals surface area contributed by atoms with Gasteiger partial charge in [-0.3, -0.25) is 4.79 Å². The molecule has 3 rings (SSSR count). The Bertz CT molecular complexity index is 675. The molecule has 130 valence electrons. The van der Waals surface area contributed by atoms with Gasteiger partial charge in [-0.1, -0.05) is 6.92 Å². The van der Waals surface area contributed by atoms with Gasteiger partial charge in [0.2, 0.25) is 0 Å². The van der Waals surface area contributed by atoms with E-state index < -0.39 is 0 Å². The molecule has 1 amide bonds. The second kappa shape index (κ2) is 8.46. The van der Waals surface area contributed by atoms with Gasteiger partial charge in [0.1, 0.15) is 15.6 Å². The van der Waals surface area contributed by atoms with Crippen molar-refractivity contribution in [2.75, 3.05) is 20.2 Å². The van der Waals surface area contributed by atoms with Crippen LogP contribution in [0.3, 0.4) is 0 Å². The van der Waals surface area contributed by atoms with Crippen molar-refractivity contribution in [3.8, 4) is 16.3 Å². The second-order valence-electron chi connectivity index (χ2n) is 5.81. The molecular weight excluding hydrogens is 346 g/mol. The molecule has 1 fully saturated rings. The summed E-state index contributed by atoms with van der Waals surface area (Å²) in [6, 6.07) is 7.87. The number of aromatic nitrogens is 1. The molecule has 0 radical (unpaired) electrons. The first kappa shape index (κ1) is 18.7. The molecule has 24 heavy (non-hydrogen) atoms. The van der Waals surface area contributed by atoms with Crippen molar-refractivity contribution < 1.29 is 9.53 Å². The highest BCUT2D eigenvalue weighted by Crippen LogP contribution is 2.27. The molecule has 2 aromatic rings. The minimum Gasteiger partial charge on any atom is -0.497 e. The fourth-order valence-electron chi connectivity index (χ4n) is 2.67. The minimum absolute atomic E-state index is 0. The lowest BCUT2D eigenvalue weighted by atomic mass is 9.95. The normalized spacial score (nSPS) is 20.1. The van der Waals surface area contributed by atoms with Gasteiger partial charge < -0.3 is 15.4 Å². The number of carbonyl (C=O) groups excluding carboxylic acids is 1. The fraction of sp³-hybridized carbons (Fsp3) is 0.412. The number of halogens is 1. The highest BCUT2D eigenvalue weighted by molar-refractivity contribution is 7.16. The van der Waals surface area contributed by atoms with E-state index in [2.05, 4.69) is 22.5 Å². The Morgan fingerprint density at radius 1 is 1.38 bits per heavy atom. The molecule has 2 atom stereocenters. The van der Waals surface area contributed by atoms with Crippen LogP contribution >= 0.6 is 23.7 Å². The molecule has 7 heteroatoms. The standard InChI is InChI=1S/C17H21N3O2S.ClH/c1-11-7-8-18-9-14(11)20-16(21)15-10-19-17(23-15)12-3-5-13(22-2)6-4-12;/h3-6,10-11,14,18H,7-9H2,1-2H3,(H,20,21);1H. The first-order valence-corrected chi connectivity index (χ1v) is 8.61. The minimum atomic E-state index is -0.0391. The Morgan fingerprint density at radius 2 is 2.12 bits per heavy atom. The monoisotopic (exact) mass is 367 g/mol. The summed E-state index contributed by atoms with van der Waals surface area (Å²) in [7, 11) is 1.64. The Kier molecular flexibility index (Phi) is 6.60. The Labute approximate surface area is 152 Å². The van der Waals surface area contributed by atoms with Gasteiger partial charge in [0, 0.05) is 18.2 Å². The van der Waals surface area contributed by atoms with Gasteiger partial charge in [-0.25, -0.2) is 4.98 Å². The molecule has 5 nitrogen and oxygen atoms in total. The molecule has 0 saturated carbocycles. The maximum Gasteiger partial charge on any atom is 0.263 e. The number of thiazole rings is 1. The molecule has 1 saturated heterocycles. The molecule has 0 bridgehead atoms. The van der Waals surface area contributed by atoms with E-state index in [0.29, 0.717) is 10.8 Å². The van der Waals surface area contributed by atoms with Crippen LogP contribution in [-0.4, -0.2) is 37.1 Å². The van der Waals surface area contributed by atoms with Crippen molar-refractivity contribution in [1.29, 1.82) is 0 Å². The molecule has 1 aromatic carbocycles. The number of nitrogens with one attached hydrogen (secondary N) is 2. The molecule has 1 aliphatic heterocycles. The largest absolute Gasteiger partial charge is 0.497 e. The van der Waals surface area contributed by atoms with Crippen LogP contribution in [0.2, 0.25) is 0 Å². The zero-order chi connectivity index (χ0) is 16.2. The SMILES string of the molecule is COc1ccc(-c2ncc(C(=O)NC3CNCCC3C)s2)cc1.Cl. The number of hydrogen-bond donors (Lipinski definition) is 2. The van der Waals surface area contributed by atoms with Gasteiger partial charge >= 0.3 is 0 Å². The van der Waals surface area contributed by atoms with E-state index in [0.717, 1.165) is 35.8 Å². The Balaban J connectivity index is 0.00000208. The van der Waals surface area contributed by atoms with Gasteiger partial charge in [0.05, 0.1) is 13.3 Å². The lowest BCUT2D eigenvalue weighted by Crippen LogP contribution is -2.50. The van der Waals surface area contributed by atoms with Crippen molar-refractivity contribution in [2.24, 2.45) is 5.92 Å². The summed E-state index contributed by atoms with van der Waals surface area (Å²) in [4.78, 5) is 17.4. The van der Waals surface area contributed by atoms with Crippen LogP contribution in [0.5, 0.6) is 5.75 Å². The van der Waals surface area contributed by atoms with Gasteiger partial charge in [0.15, 0.2) is 0 Å². The molecule has 1 aliphatic rings. The van der Waals surface area contributed by atoms with E-state index in [4.69, 9.17) is 4.74 Å². The van der Waals surface area contributed by atoms with E-state index in [1.807, 2.05) is 24.3 Å². The fourth-order valence-corrected chi connectivity index (χ4v) is 3.49. The predicted octanol–water partition coefficient (Wildman–Crippen LogP) is 2.97. The Morgan fingerprint density at radius 3 is 2.79 bits per heavy atom. The summed E-state index contributed by atoms with van der Waals surface area (Å²) in [5.41, 5.74) is 0.988. The third-order valence-electron chi connectivity index (χ3n) is 4.21. The van der Waals surface area contributed by atoms with Crippen LogP contribution in [0.1, 0.15) is 23.0 Å². The van der Waals surface area contributed by atoms with Crippen LogP contribution in [0.25, 0.3) is 10.6 Å². The maximum absolute atomic E-state index is 12.4. The number of rotatable bonds is 4. The van der Waals surface area contributed by atoms with E-state index in [1.165, 1.54) is 11.3 Å². The molecule has 0 spiro atoms. The number of amides is 1. The maximum atomic E-state index is 12.4. The molecule has 2 unspecified atom stereocenters. The van der Waals surface area contributed by atoms with Crippen molar-refractivity contribution in [3.05, 3.63) is 35.3 Å². The van der Waals surface area contributed by atoms with Crippen molar-refractivity contribution in [3.63, 3.8) is 0 Å². The average molecular weight is 368 g/mol. The number of carbonyl (C=O) groups is 1. The van der Waals surface area contributed by atoms with Crippen molar-refractivity contribution >= 4 is 29.7 Å². The first-order chi connectivity index (χ1) is 11.2. The van der Waals surface area contributed by atoms with E-state index in [-0.39, 0.29) is 24.4 Å². The third kappa shape index (κ3) is 4.26. The van der Waals surface area contributed by atoms with Gasteiger partial charge in [-0.2, -0.15) is 0 Å². The number of benzene rings is 1. The van der Waals surface area contributed by atoms with E-state index in [1.54, 1.807) is 13.3 Å². The molecule has 1 aromatic heterocycles. The first-order valence-electron chi connectivity index (χ1n) is 7.79. The van der Waals surface area contributed by atoms with E-state index >= 15 is 0 Å². The Hall–Kier alpha value is -1.63. The molecule has 2 heterocycles. The predicted molar refractivity (Wildman–Crippen MR) is 99.3 cm³/mol. The van der Waals surface area contributed by atoms with Crippen LogP contribution in [0, 0.1) is 5.92 Å². The van der Waals surface area contributed by atoms with E-state index in [9.17, 15) is 4.79 Å². The van der Waals surface area contributed by atoms with Crippen LogP contribution in [0.4, 0.5) is 0 Å². The lowest BCUT2D eigenvalue weighted by Gasteiger charge is -2.29. The molecular formula is C17H22ClN3O2S. The second-order valence-corrected chi connectivity index (χ2v) is 6.84. The van der Waals surface area contributed by atoms with Gasteiger partial charge in [-0.05, 0) is 43.1 Å².